The number of thiophene rings is 1. The number of hydrogen-bond donors (Lipinski definition) is 2. The Kier molecular flexibility index (Phi) is 6.64. The first-order valence-electron chi connectivity index (χ1n) is 9.45. The number of amides is 2. The molecule has 7 heteroatoms. The van der Waals surface area contributed by atoms with Gasteiger partial charge in [-0.25, -0.2) is 4.79 Å². The average Bonchev–Trinajstić information content (AvgIpc) is 3.04. The molecule has 0 atom stereocenters. The number of rotatable bonds is 6. The standard InChI is InChI=1S/C23H22N2O4S/c1-4-29-23(28)20-19(16-9-6-5-7-10-16)14(2)30-22(20)25-21(27)17-11-8-12-18(13-17)24-15(3)26/h5-13H,4H2,1-3H3,(H,24,26)(H,25,27). The third-order valence-electron chi connectivity index (χ3n) is 4.30. The average molecular weight is 423 g/mol. The van der Waals surface area contributed by atoms with Crippen LogP contribution in [0.4, 0.5) is 10.7 Å². The van der Waals surface area contributed by atoms with Gasteiger partial charge in [0.1, 0.15) is 10.6 Å². The molecular formula is C23H22N2O4S. The number of nitrogens with one attached hydrogen (secondary N) is 2. The quantitative estimate of drug-likeness (QED) is 0.541. The van der Waals surface area contributed by atoms with Crippen LogP contribution in [0.25, 0.3) is 11.1 Å². The topological polar surface area (TPSA) is 84.5 Å². The van der Waals surface area contributed by atoms with Gasteiger partial charge in [0.25, 0.3) is 5.91 Å². The monoisotopic (exact) mass is 422 g/mol. The maximum Gasteiger partial charge on any atom is 0.341 e. The predicted octanol–water partition coefficient (Wildman–Crippen LogP) is 5.11. The highest BCUT2D eigenvalue weighted by Crippen LogP contribution is 2.40. The van der Waals surface area contributed by atoms with Gasteiger partial charge in [-0.05, 0) is 37.6 Å². The number of ether oxygens (including phenoxy) is 1. The summed E-state index contributed by atoms with van der Waals surface area (Å²) in [5, 5.41) is 5.93. The molecule has 6 nitrogen and oxygen atoms in total. The summed E-state index contributed by atoms with van der Waals surface area (Å²) in [4.78, 5) is 37.8. The van der Waals surface area contributed by atoms with Crippen molar-refractivity contribution in [1.29, 1.82) is 0 Å². The van der Waals surface area contributed by atoms with E-state index >= 15 is 0 Å². The molecule has 30 heavy (non-hydrogen) atoms. The molecule has 1 heterocycles. The molecule has 0 unspecified atom stereocenters. The number of aryl methyl sites for hydroxylation is 1. The van der Waals surface area contributed by atoms with Crippen molar-refractivity contribution in [2.24, 2.45) is 0 Å². The first kappa shape index (κ1) is 21.3. The molecule has 0 spiro atoms. The molecule has 0 aliphatic carbocycles. The molecule has 1 aromatic heterocycles. The van der Waals surface area contributed by atoms with Crippen LogP contribution in [-0.2, 0) is 9.53 Å². The zero-order valence-corrected chi connectivity index (χ0v) is 17.8. The fourth-order valence-corrected chi connectivity index (χ4v) is 4.16. The maximum absolute atomic E-state index is 12.9. The molecule has 0 saturated carbocycles. The van der Waals surface area contributed by atoms with Gasteiger partial charge in [-0.15, -0.1) is 11.3 Å². The molecule has 2 aromatic carbocycles. The molecule has 3 rings (SSSR count). The van der Waals surface area contributed by atoms with Gasteiger partial charge < -0.3 is 15.4 Å². The second-order valence-corrected chi connectivity index (χ2v) is 7.76. The van der Waals surface area contributed by atoms with Gasteiger partial charge >= 0.3 is 5.97 Å². The summed E-state index contributed by atoms with van der Waals surface area (Å²) in [6.07, 6.45) is 0. The Balaban J connectivity index is 1.99. The van der Waals surface area contributed by atoms with E-state index in [0.717, 1.165) is 16.0 Å². The van der Waals surface area contributed by atoms with E-state index in [1.165, 1.54) is 18.3 Å². The van der Waals surface area contributed by atoms with Gasteiger partial charge in [-0.3, -0.25) is 9.59 Å². The number of carbonyl (C=O) groups excluding carboxylic acids is 3. The van der Waals surface area contributed by atoms with Crippen molar-refractivity contribution in [3.8, 4) is 11.1 Å². The molecule has 3 aromatic rings. The molecule has 154 valence electrons. The highest BCUT2D eigenvalue weighted by molar-refractivity contribution is 7.17. The van der Waals surface area contributed by atoms with Crippen molar-refractivity contribution in [2.75, 3.05) is 17.2 Å². The zero-order valence-electron chi connectivity index (χ0n) is 16.9. The Morgan fingerprint density at radius 1 is 1.00 bits per heavy atom. The Morgan fingerprint density at radius 3 is 2.40 bits per heavy atom. The second-order valence-electron chi connectivity index (χ2n) is 6.54. The Labute approximate surface area is 178 Å². The number of carbonyl (C=O) groups is 3. The second kappa shape index (κ2) is 9.37. The van der Waals surface area contributed by atoms with Crippen LogP contribution < -0.4 is 10.6 Å². The van der Waals surface area contributed by atoms with Crippen LogP contribution in [0.3, 0.4) is 0 Å². The summed E-state index contributed by atoms with van der Waals surface area (Å²) < 4.78 is 5.26. The minimum absolute atomic E-state index is 0.224. The van der Waals surface area contributed by atoms with Crippen LogP contribution in [0.5, 0.6) is 0 Å². The number of esters is 1. The summed E-state index contributed by atoms with van der Waals surface area (Å²) in [5.74, 6) is -1.09. The van der Waals surface area contributed by atoms with E-state index in [1.807, 2.05) is 37.3 Å². The summed E-state index contributed by atoms with van der Waals surface area (Å²) in [6.45, 7) is 5.28. The van der Waals surface area contributed by atoms with Crippen LogP contribution >= 0.6 is 11.3 Å². The van der Waals surface area contributed by atoms with Crippen molar-refractivity contribution in [3.05, 3.63) is 70.6 Å². The zero-order chi connectivity index (χ0) is 21.7. The van der Waals surface area contributed by atoms with Crippen LogP contribution in [0.2, 0.25) is 0 Å². The SMILES string of the molecule is CCOC(=O)c1c(NC(=O)c2cccc(NC(C)=O)c2)sc(C)c1-c1ccccc1. The van der Waals surface area contributed by atoms with E-state index in [0.29, 0.717) is 21.8 Å². The van der Waals surface area contributed by atoms with Gasteiger partial charge in [0.15, 0.2) is 0 Å². The summed E-state index contributed by atoms with van der Waals surface area (Å²) >= 11 is 1.33. The Bertz CT molecular complexity index is 1090. The van der Waals surface area contributed by atoms with Crippen LogP contribution in [0.1, 0.15) is 39.4 Å². The highest BCUT2D eigenvalue weighted by Gasteiger charge is 2.25. The third-order valence-corrected chi connectivity index (χ3v) is 5.32. The van der Waals surface area contributed by atoms with Crippen molar-refractivity contribution in [3.63, 3.8) is 0 Å². The van der Waals surface area contributed by atoms with Gasteiger partial charge in [0.05, 0.1) is 6.61 Å². The van der Waals surface area contributed by atoms with Gasteiger partial charge in [0.2, 0.25) is 5.91 Å². The minimum Gasteiger partial charge on any atom is -0.462 e. The lowest BCUT2D eigenvalue weighted by Crippen LogP contribution is -2.15. The van der Waals surface area contributed by atoms with E-state index < -0.39 is 5.97 Å². The summed E-state index contributed by atoms with van der Waals surface area (Å²) in [6, 6.07) is 16.1. The highest BCUT2D eigenvalue weighted by atomic mass is 32.1. The van der Waals surface area contributed by atoms with Crippen molar-refractivity contribution >= 4 is 39.8 Å². The van der Waals surface area contributed by atoms with Crippen LogP contribution in [0.15, 0.2) is 54.6 Å². The van der Waals surface area contributed by atoms with Crippen LogP contribution in [-0.4, -0.2) is 24.4 Å². The number of anilines is 2. The van der Waals surface area contributed by atoms with E-state index in [-0.39, 0.29) is 18.4 Å². The van der Waals surface area contributed by atoms with Gasteiger partial charge in [0, 0.05) is 28.6 Å². The molecule has 0 bridgehead atoms. The van der Waals surface area contributed by atoms with Gasteiger partial charge in [-0.1, -0.05) is 36.4 Å². The molecule has 2 N–H and O–H groups in total. The van der Waals surface area contributed by atoms with Crippen molar-refractivity contribution in [2.45, 2.75) is 20.8 Å². The first-order valence-corrected chi connectivity index (χ1v) is 10.3. The largest absolute Gasteiger partial charge is 0.462 e. The molecule has 2 amide bonds. The summed E-state index contributed by atoms with van der Waals surface area (Å²) in [7, 11) is 0. The fourth-order valence-electron chi connectivity index (χ4n) is 3.10. The van der Waals surface area contributed by atoms with E-state index in [4.69, 9.17) is 4.74 Å². The molecule has 0 aliphatic heterocycles. The normalized spacial score (nSPS) is 10.4. The van der Waals surface area contributed by atoms with E-state index in [1.54, 1.807) is 31.2 Å². The molecule has 0 fully saturated rings. The van der Waals surface area contributed by atoms with Crippen molar-refractivity contribution < 1.29 is 19.1 Å². The van der Waals surface area contributed by atoms with E-state index in [2.05, 4.69) is 10.6 Å². The third kappa shape index (κ3) is 4.75. The smallest absolute Gasteiger partial charge is 0.341 e. The summed E-state index contributed by atoms with van der Waals surface area (Å²) in [5.41, 5.74) is 2.86. The first-order chi connectivity index (χ1) is 14.4. The lowest BCUT2D eigenvalue weighted by molar-refractivity contribution is -0.114. The Hall–Kier alpha value is -3.45. The predicted molar refractivity (Wildman–Crippen MR) is 119 cm³/mol. The maximum atomic E-state index is 12.9. The lowest BCUT2D eigenvalue weighted by atomic mass is 10.0. The van der Waals surface area contributed by atoms with Gasteiger partial charge in [-0.2, -0.15) is 0 Å². The van der Waals surface area contributed by atoms with Crippen molar-refractivity contribution in [1.82, 2.24) is 0 Å². The minimum atomic E-state index is -0.483. The number of hydrogen-bond acceptors (Lipinski definition) is 5. The molecule has 0 saturated heterocycles. The molecule has 0 aliphatic rings. The van der Waals surface area contributed by atoms with E-state index in [9.17, 15) is 14.4 Å². The van der Waals surface area contributed by atoms with Crippen LogP contribution in [0, 0.1) is 6.92 Å². The fraction of sp³-hybridized carbons (Fsp3) is 0.174. The molecular weight excluding hydrogens is 400 g/mol. The molecule has 0 radical (unpaired) electrons. The lowest BCUT2D eigenvalue weighted by Gasteiger charge is -2.10. The number of benzene rings is 2. The Morgan fingerprint density at radius 2 is 1.73 bits per heavy atom.